The molecule has 65 heavy (non-hydrogen) atoms. The van der Waals surface area contributed by atoms with Gasteiger partial charge in [-0.3, -0.25) is 24.7 Å². The van der Waals surface area contributed by atoms with Crippen LogP contribution in [-0.4, -0.2) is 112 Å². The lowest BCUT2D eigenvalue weighted by molar-refractivity contribution is -0.122. The van der Waals surface area contributed by atoms with Crippen LogP contribution in [0.4, 0.5) is 21.9 Å². The van der Waals surface area contributed by atoms with Crippen molar-refractivity contribution in [1.82, 2.24) is 20.4 Å². The summed E-state index contributed by atoms with van der Waals surface area (Å²) >= 11 is 0. The van der Waals surface area contributed by atoms with E-state index >= 15 is 0 Å². The predicted octanol–water partition coefficient (Wildman–Crippen LogP) is 7.73. The minimum atomic E-state index is -0.423. The summed E-state index contributed by atoms with van der Waals surface area (Å²) in [6.45, 7) is 12.9. The topological polar surface area (TPSA) is 157 Å². The molecule has 3 N–H and O–H groups in total. The third-order valence-electron chi connectivity index (χ3n) is 13.6. The molecule has 0 atom stereocenters. The van der Waals surface area contributed by atoms with Crippen molar-refractivity contribution in [2.45, 2.75) is 102 Å². The Bertz CT molecular complexity index is 2000. The van der Waals surface area contributed by atoms with E-state index in [0.29, 0.717) is 6.61 Å². The fraction of sp³-hybridized carbons (Fsp3) is 0.558. The smallest absolute Gasteiger partial charge is 0.411 e. The molecule has 2 heterocycles. The number of piperazine rings is 2. The Morgan fingerprint density at radius 1 is 0.600 bits per heavy atom. The molecule has 0 radical (unpaired) electrons. The van der Waals surface area contributed by atoms with Crippen molar-refractivity contribution in [2.75, 3.05) is 87.2 Å². The van der Waals surface area contributed by atoms with Gasteiger partial charge in [0.15, 0.2) is 0 Å². The Labute approximate surface area is 387 Å². The highest BCUT2D eigenvalue weighted by Gasteiger charge is 2.26. The lowest BCUT2D eigenvalue weighted by atomic mass is 9.84. The number of rotatable bonds is 16. The number of nitriles is 2. The molecular formula is C52H71N9O4. The van der Waals surface area contributed by atoms with Crippen LogP contribution in [0, 0.1) is 34.5 Å². The molecule has 4 fully saturated rings. The highest BCUT2D eigenvalue weighted by molar-refractivity contribution is 5.85. The highest BCUT2D eigenvalue weighted by atomic mass is 16.5. The molecule has 2 aliphatic carbocycles. The fourth-order valence-electron chi connectivity index (χ4n) is 9.84. The number of amides is 3. The fourth-order valence-corrected chi connectivity index (χ4v) is 9.84. The zero-order valence-electron chi connectivity index (χ0n) is 38.6. The summed E-state index contributed by atoms with van der Waals surface area (Å²) in [5.41, 5.74) is 5.96. The number of ether oxygens (including phenoxy) is 1. The van der Waals surface area contributed by atoms with Gasteiger partial charge in [-0.25, -0.2) is 4.79 Å². The van der Waals surface area contributed by atoms with Gasteiger partial charge in [0.05, 0.1) is 18.7 Å². The lowest BCUT2D eigenvalue weighted by Gasteiger charge is -2.37. The maximum absolute atomic E-state index is 11.7. The molecule has 2 saturated carbocycles. The summed E-state index contributed by atoms with van der Waals surface area (Å²) in [5, 5.41) is 26.0. The standard InChI is InChI=1S/C28H36N4O.C24H35N5O3/c29-15-13-28(33)30-26-11-9-23(10-12-26)14-16-31-17-19-32(20-18-31)27-8-4-7-25(22-27)21-24-5-2-1-3-6-24;1-2-32-24(31)27-21-4-3-5-22(18-21)29-16-14-28(15-17-29)13-11-19-6-8-20(9-7-19)26-23(30)10-12-25/h1-8,22-23,26H,9-14,16-21H2,(H,30,33);3-5,18-20H,2,6-11,13-17H2,1H3,(H,26,30)(H,27,31). The van der Waals surface area contributed by atoms with Crippen LogP contribution >= 0.6 is 0 Å². The van der Waals surface area contributed by atoms with E-state index in [4.69, 9.17) is 15.3 Å². The first-order chi connectivity index (χ1) is 31.8. The molecule has 3 amide bonds. The van der Waals surface area contributed by atoms with Crippen LogP contribution < -0.4 is 25.8 Å². The second kappa shape index (κ2) is 26.4. The molecule has 0 aromatic heterocycles. The van der Waals surface area contributed by atoms with Crippen LogP contribution in [0.15, 0.2) is 78.9 Å². The van der Waals surface area contributed by atoms with E-state index in [-0.39, 0.29) is 36.7 Å². The average molecular weight is 886 g/mol. The van der Waals surface area contributed by atoms with Gasteiger partial charge in [-0.05, 0) is 144 Å². The Kier molecular flexibility index (Phi) is 19.8. The second-order valence-electron chi connectivity index (χ2n) is 18.2. The number of hydrogen-bond donors (Lipinski definition) is 3. The van der Waals surface area contributed by atoms with Gasteiger partial charge in [-0.15, -0.1) is 0 Å². The van der Waals surface area contributed by atoms with Crippen LogP contribution in [0.25, 0.3) is 0 Å². The Balaban J connectivity index is 0.000000216. The van der Waals surface area contributed by atoms with Gasteiger partial charge >= 0.3 is 6.09 Å². The van der Waals surface area contributed by atoms with E-state index in [9.17, 15) is 14.4 Å². The molecule has 0 unspecified atom stereocenters. The Hall–Kier alpha value is -5.63. The van der Waals surface area contributed by atoms with Gasteiger partial charge in [-0.1, -0.05) is 48.5 Å². The summed E-state index contributed by atoms with van der Waals surface area (Å²) in [7, 11) is 0. The number of carbonyl (C=O) groups is 3. The van der Waals surface area contributed by atoms with Crippen molar-refractivity contribution >= 4 is 35.0 Å². The first-order valence-electron chi connectivity index (χ1n) is 24.2. The van der Waals surface area contributed by atoms with E-state index in [1.807, 2.05) is 30.3 Å². The van der Waals surface area contributed by atoms with Gasteiger partial charge in [0.2, 0.25) is 11.8 Å². The maximum Gasteiger partial charge on any atom is 0.411 e. The second-order valence-corrected chi connectivity index (χ2v) is 18.2. The molecule has 2 aliphatic heterocycles. The van der Waals surface area contributed by atoms with Crippen LogP contribution in [0.5, 0.6) is 0 Å². The molecule has 3 aromatic rings. The highest BCUT2D eigenvalue weighted by Crippen LogP contribution is 2.29. The maximum atomic E-state index is 11.7. The zero-order valence-corrected chi connectivity index (χ0v) is 38.6. The summed E-state index contributed by atoms with van der Waals surface area (Å²) in [5.74, 6) is 1.23. The van der Waals surface area contributed by atoms with E-state index in [0.717, 1.165) is 127 Å². The van der Waals surface area contributed by atoms with Gasteiger partial charge in [0, 0.05) is 81.5 Å². The molecule has 3 aromatic carbocycles. The molecule has 4 aliphatic rings. The van der Waals surface area contributed by atoms with Crippen LogP contribution in [-0.2, 0) is 20.7 Å². The quantitative estimate of drug-likeness (QED) is 0.130. The van der Waals surface area contributed by atoms with E-state index in [2.05, 4.69) is 96.2 Å². The molecule has 0 spiro atoms. The van der Waals surface area contributed by atoms with Crippen LogP contribution in [0.1, 0.15) is 95.1 Å². The molecule has 2 saturated heterocycles. The molecule has 7 rings (SSSR count). The number of hydrogen-bond acceptors (Lipinski definition) is 10. The SMILES string of the molecule is CCOC(=O)Nc1cccc(N2CCN(CCC3CCC(NC(=O)CC#N)CC3)CC2)c1.N#CCC(=O)NC1CCC(CCN2CCN(c3cccc(Cc4ccccc4)c3)CC2)CC1. The monoisotopic (exact) mass is 886 g/mol. The Morgan fingerprint density at radius 2 is 1.08 bits per heavy atom. The Morgan fingerprint density at radius 3 is 1.57 bits per heavy atom. The summed E-state index contributed by atoms with van der Waals surface area (Å²) < 4.78 is 4.95. The molecule has 13 heteroatoms. The van der Waals surface area contributed by atoms with Crippen molar-refractivity contribution in [2.24, 2.45) is 11.8 Å². The third kappa shape index (κ3) is 16.7. The summed E-state index contributed by atoms with van der Waals surface area (Å²) in [6, 6.07) is 32.0. The lowest BCUT2D eigenvalue weighted by Crippen LogP contribution is -2.47. The number of anilines is 3. The summed E-state index contributed by atoms with van der Waals surface area (Å²) in [4.78, 5) is 44.9. The normalized spacial score (nSPS) is 21.4. The first-order valence-corrected chi connectivity index (χ1v) is 24.2. The molecule has 0 bridgehead atoms. The van der Waals surface area contributed by atoms with Crippen molar-refractivity contribution in [3.05, 3.63) is 90.0 Å². The van der Waals surface area contributed by atoms with Gasteiger partial charge < -0.3 is 25.2 Å². The predicted molar refractivity (Wildman–Crippen MR) is 258 cm³/mol. The molecule has 348 valence electrons. The van der Waals surface area contributed by atoms with E-state index < -0.39 is 6.09 Å². The third-order valence-corrected chi connectivity index (χ3v) is 13.6. The van der Waals surface area contributed by atoms with Crippen molar-refractivity contribution in [3.63, 3.8) is 0 Å². The van der Waals surface area contributed by atoms with Gasteiger partial charge in [0.1, 0.15) is 12.8 Å². The van der Waals surface area contributed by atoms with Crippen molar-refractivity contribution < 1.29 is 19.1 Å². The van der Waals surface area contributed by atoms with Crippen molar-refractivity contribution in [1.29, 1.82) is 10.5 Å². The largest absolute Gasteiger partial charge is 0.450 e. The van der Waals surface area contributed by atoms with Gasteiger partial charge in [-0.2, -0.15) is 10.5 Å². The number of carbonyl (C=O) groups excluding carboxylic acids is 3. The average Bonchev–Trinajstić information content (AvgIpc) is 3.32. The summed E-state index contributed by atoms with van der Waals surface area (Å²) in [6.07, 6.45) is 11.8. The number of benzene rings is 3. The van der Waals surface area contributed by atoms with Gasteiger partial charge in [0.25, 0.3) is 0 Å². The molecule has 13 nitrogen and oxygen atoms in total. The zero-order chi connectivity index (χ0) is 45.6. The van der Waals surface area contributed by atoms with Crippen molar-refractivity contribution in [3.8, 4) is 12.1 Å². The minimum Gasteiger partial charge on any atom is -0.450 e. The number of nitrogens with zero attached hydrogens (tertiary/aromatic N) is 6. The van der Waals surface area contributed by atoms with E-state index in [1.165, 1.54) is 49.0 Å². The van der Waals surface area contributed by atoms with Crippen LogP contribution in [0.3, 0.4) is 0 Å². The van der Waals surface area contributed by atoms with E-state index in [1.54, 1.807) is 6.92 Å². The first kappa shape index (κ1) is 48.8. The van der Waals surface area contributed by atoms with Crippen LogP contribution in [0.2, 0.25) is 0 Å². The minimum absolute atomic E-state index is 0.0246. The number of nitrogens with one attached hydrogen (secondary N) is 3. The molecular weight excluding hydrogens is 815 g/mol.